The van der Waals surface area contributed by atoms with Crippen LogP contribution < -0.4 is 5.32 Å². The first kappa shape index (κ1) is 20.7. The molecule has 0 fully saturated rings. The van der Waals surface area contributed by atoms with Crippen LogP contribution in [0.1, 0.15) is 20.7 Å². The van der Waals surface area contributed by atoms with E-state index < -0.39 is 11.9 Å². The van der Waals surface area contributed by atoms with Crippen LogP contribution in [0.4, 0.5) is 17.1 Å². The highest BCUT2D eigenvalue weighted by Crippen LogP contribution is 2.38. The third-order valence-corrected chi connectivity index (χ3v) is 4.73. The van der Waals surface area contributed by atoms with Crippen molar-refractivity contribution in [3.63, 3.8) is 0 Å². The van der Waals surface area contributed by atoms with Gasteiger partial charge < -0.3 is 15.2 Å². The van der Waals surface area contributed by atoms with E-state index >= 15 is 0 Å². The number of rotatable bonds is 5. The van der Waals surface area contributed by atoms with Crippen molar-refractivity contribution in [1.82, 2.24) is 4.98 Å². The maximum absolute atomic E-state index is 13.0. The molecule has 0 aliphatic carbocycles. The number of amides is 1. The van der Waals surface area contributed by atoms with E-state index in [4.69, 9.17) is 4.74 Å². The van der Waals surface area contributed by atoms with Gasteiger partial charge in [0.1, 0.15) is 16.9 Å². The lowest BCUT2D eigenvalue weighted by Crippen LogP contribution is -2.12. The number of para-hydroxylation sites is 1. The molecule has 1 amide bonds. The molecule has 0 saturated heterocycles. The van der Waals surface area contributed by atoms with Gasteiger partial charge in [0.2, 0.25) is 0 Å². The number of ether oxygens (including phenoxy) is 1. The molecule has 0 bridgehead atoms. The van der Waals surface area contributed by atoms with E-state index in [1.807, 2.05) is 12.1 Å². The van der Waals surface area contributed by atoms with Crippen LogP contribution in [0, 0.1) is 0 Å². The van der Waals surface area contributed by atoms with Gasteiger partial charge in [0.05, 0.1) is 12.7 Å². The number of fused-ring (bicyclic) bond motifs is 1. The molecular weight excluding hydrogens is 408 g/mol. The summed E-state index contributed by atoms with van der Waals surface area (Å²) in [5.41, 5.74) is 1.08. The van der Waals surface area contributed by atoms with Crippen LogP contribution in [0.25, 0.3) is 10.8 Å². The third-order valence-electron chi connectivity index (χ3n) is 4.73. The van der Waals surface area contributed by atoms with Crippen molar-refractivity contribution in [3.05, 3.63) is 90.3 Å². The van der Waals surface area contributed by atoms with E-state index in [0.717, 1.165) is 0 Å². The Balaban J connectivity index is 1.79. The topological polar surface area (TPSA) is 113 Å². The van der Waals surface area contributed by atoms with E-state index in [2.05, 4.69) is 20.5 Å². The SMILES string of the molecule is COC(=O)c1cnccc1N=Nc1cc2ccccc2c(C(=O)Nc2ccccc2)c1O. The lowest BCUT2D eigenvalue weighted by molar-refractivity contribution is 0.0601. The minimum Gasteiger partial charge on any atom is -0.505 e. The predicted molar refractivity (Wildman–Crippen MR) is 120 cm³/mol. The van der Waals surface area contributed by atoms with Gasteiger partial charge in [-0.15, -0.1) is 10.2 Å². The zero-order chi connectivity index (χ0) is 22.5. The molecule has 158 valence electrons. The van der Waals surface area contributed by atoms with Crippen molar-refractivity contribution in [2.75, 3.05) is 12.4 Å². The zero-order valence-corrected chi connectivity index (χ0v) is 17.0. The fraction of sp³-hybridized carbons (Fsp3) is 0.0417. The first-order chi connectivity index (χ1) is 15.6. The van der Waals surface area contributed by atoms with Crippen molar-refractivity contribution in [3.8, 4) is 5.75 Å². The van der Waals surface area contributed by atoms with Crippen LogP contribution in [0.3, 0.4) is 0 Å². The predicted octanol–water partition coefficient (Wildman–Crippen LogP) is 5.39. The molecule has 8 heteroatoms. The first-order valence-electron chi connectivity index (χ1n) is 9.63. The van der Waals surface area contributed by atoms with Crippen LogP contribution in [0.5, 0.6) is 5.75 Å². The highest BCUT2D eigenvalue weighted by Gasteiger charge is 2.20. The number of nitrogens with one attached hydrogen (secondary N) is 1. The largest absolute Gasteiger partial charge is 0.505 e. The summed E-state index contributed by atoms with van der Waals surface area (Å²) in [5.74, 6) is -1.42. The Morgan fingerprint density at radius 3 is 2.47 bits per heavy atom. The number of carbonyl (C=O) groups is 2. The maximum atomic E-state index is 13.0. The van der Waals surface area contributed by atoms with Crippen LogP contribution >= 0.6 is 0 Å². The lowest BCUT2D eigenvalue weighted by Gasteiger charge is -2.12. The minimum atomic E-state index is -0.613. The molecule has 0 atom stereocenters. The molecule has 0 spiro atoms. The van der Waals surface area contributed by atoms with E-state index in [1.165, 1.54) is 25.6 Å². The summed E-state index contributed by atoms with van der Waals surface area (Å²) in [5, 5.41) is 23.2. The summed E-state index contributed by atoms with van der Waals surface area (Å²) >= 11 is 0. The average Bonchev–Trinajstić information content (AvgIpc) is 2.83. The summed E-state index contributed by atoms with van der Waals surface area (Å²) in [6.07, 6.45) is 2.78. The van der Waals surface area contributed by atoms with Crippen molar-refractivity contribution < 1.29 is 19.4 Å². The molecule has 32 heavy (non-hydrogen) atoms. The van der Waals surface area contributed by atoms with Crippen LogP contribution in [0.2, 0.25) is 0 Å². The van der Waals surface area contributed by atoms with Gasteiger partial charge in [-0.2, -0.15) is 0 Å². The Bertz CT molecular complexity index is 1340. The number of esters is 1. The molecule has 0 unspecified atom stereocenters. The number of hydrogen-bond donors (Lipinski definition) is 2. The summed E-state index contributed by atoms with van der Waals surface area (Å²) in [4.78, 5) is 28.9. The average molecular weight is 426 g/mol. The normalized spacial score (nSPS) is 10.9. The summed E-state index contributed by atoms with van der Waals surface area (Å²) in [6.45, 7) is 0. The zero-order valence-electron chi connectivity index (χ0n) is 17.0. The number of pyridine rings is 1. The Hall–Kier alpha value is -4.59. The van der Waals surface area contributed by atoms with Crippen molar-refractivity contribution in [1.29, 1.82) is 0 Å². The van der Waals surface area contributed by atoms with Gasteiger partial charge in [0.25, 0.3) is 5.91 Å². The number of aromatic nitrogens is 1. The van der Waals surface area contributed by atoms with Gasteiger partial charge in [-0.1, -0.05) is 42.5 Å². The number of nitrogens with zero attached hydrogens (tertiary/aromatic N) is 3. The second-order valence-corrected chi connectivity index (χ2v) is 6.74. The smallest absolute Gasteiger partial charge is 0.341 e. The maximum Gasteiger partial charge on any atom is 0.341 e. The molecule has 1 aromatic heterocycles. The number of carbonyl (C=O) groups excluding carboxylic acids is 2. The van der Waals surface area contributed by atoms with Gasteiger partial charge >= 0.3 is 5.97 Å². The Morgan fingerprint density at radius 2 is 1.69 bits per heavy atom. The second-order valence-electron chi connectivity index (χ2n) is 6.74. The quantitative estimate of drug-likeness (QED) is 0.328. The molecule has 4 aromatic rings. The van der Waals surface area contributed by atoms with Gasteiger partial charge in [-0.25, -0.2) is 4.79 Å². The van der Waals surface area contributed by atoms with Gasteiger partial charge in [0.15, 0.2) is 5.75 Å². The highest BCUT2D eigenvalue weighted by atomic mass is 16.5. The minimum absolute atomic E-state index is 0.0730. The summed E-state index contributed by atoms with van der Waals surface area (Å²) in [7, 11) is 1.25. The van der Waals surface area contributed by atoms with Crippen molar-refractivity contribution in [2.24, 2.45) is 10.2 Å². The monoisotopic (exact) mass is 426 g/mol. The number of phenols is 1. The summed E-state index contributed by atoms with van der Waals surface area (Å²) < 4.78 is 4.73. The Labute approximate surface area is 183 Å². The Kier molecular flexibility index (Phi) is 5.85. The fourth-order valence-electron chi connectivity index (χ4n) is 3.19. The van der Waals surface area contributed by atoms with E-state index in [-0.39, 0.29) is 28.3 Å². The van der Waals surface area contributed by atoms with Gasteiger partial charge in [-0.05, 0) is 35.0 Å². The molecule has 0 aliphatic heterocycles. The third kappa shape index (κ3) is 4.15. The van der Waals surface area contributed by atoms with Crippen LogP contribution in [0.15, 0.2) is 89.4 Å². The van der Waals surface area contributed by atoms with Gasteiger partial charge in [0, 0.05) is 18.1 Å². The number of anilines is 1. The highest BCUT2D eigenvalue weighted by molar-refractivity contribution is 6.16. The number of hydrogen-bond acceptors (Lipinski definition) is 7. The molecule has 0 aliphatic rings. The van der Waals surface area contributed by atoms with Crippen molar-refractivity contribution in [2.45, 2.75) is 0 Å². The standard InChI is InChI=1S/C24H18N4O4/c1-32-24(31)18-14-25-12-11-19(18)27-28-20-13-15-7-5-6-10-17(15)21(22(20)29)23(30)26-16-8-3-2-4-9-16/h2-14,29H,1H3,(H,26,30). The van der Waals surface area contributed by atoms with Crippen LogP contribution in [-0.2, 0) is 4.74 Å². The first-order valence-corrected chi connectivity index (χ1v) is 9.63. The molecule has 0 saturated carbocycles. The molecule has 3 aromatic carbocycles. The second kappa shape index (κ2) is 9.05. The number of aromatic hydroxyl groups is 1. The molecule has 2 N–H and O–H groups in total. The van der Waals surface area contributed by atoms with Gasteiger partial charge in [-0.3, -0.25) is 9.78 Å². The summed E-state index contributed by atoms with van der Waals surface area (Å²) in [6, 6.07) is 19.2. The van der Waals surface area contributed by atoms with E-state index in [0.29, 0.717) is 16.5 Å². The number of azo groups is 1. The number of methoxy groups -OCH3 is 1. The molecule has 0 radical (unpaired) electrons. The van der Waals surface area contributed by atoms with Crippen LogP contribution in [-0.4, -0.2) is 29.1 Å². The van der Waals surface area contributed by atoms with Crippen molar-refractivity contribution >= 4 is 39.7 Å². The molecular formula is C24H18N4O4. The Morgan fingerprint density at radius 1 is 0.969 bits per heavy atom. The van der Waals surface area contributed by atoms with E-state index in [1.54, 1.807) is 48.5 Å². The fourth-order valence-corrected chi connectivity index (χ4v) is 3.19. The van der Waals surface area contributed by atoms with E-state index in [9.17, 15) is 14.7 Å². The number of benzene rings is 3. The molecule has 4 rings (SSSR count). The molecule has 1 heterocycles. The number of phenolic OH excluding ortho intramolecular Hbond substituents is 1. The lowest BCUT2D eigenvalue weighted by atomic mass is 10.0. The molecule has 8 nitrogen and oxygen atoms in total.